The lowest BCUT2D eigenvalue weighted by molar-refractivity contribution is -0.133. The normalized spacial score (nSPS) is 22.5. The number of amides is 2. The largest absolute Gasteiger partial charge is 0.369 e. The third-order valence-electron chi connectivity index (χ3n) is 5.83. The van der Waals surface area contributed by atoms with Crippen LogP contribution in [0.3, 0.4) is 0 Å². The van der Waals surface area contributed by atoms with Gasteiger partial charge in [-0.2, -0.15) is 0 Å². The molecule has 2 aliphatic rings. The molecule has 1 aromatic rings. The summed E-state index contributed by atoms with van der Waals surface area (Å²) in [5.74, 6) is -1.18. The van der Waals surface area contributed by atoms with E-state index in [9.17, 15) is 18.0 Å². The van der Waals surface area contributed by atoms with Gasteiger partial charge in [0, 0.05) is 13.1 Å². The van der Waals surface area contributed by atoms with Crippen molar-refractivity contribution >= 4 is 21.7 Å². The number of hydrogen-bond donors (Lipinski definition) is 1. The Labute approximate surface area is 154 Å². The molecule has 2 amide bonds. The lowest BCUT2D eigenvalue weighted by atomic mass is 10.1. The molecule has 0 radical (unpaired) electrons. The smallest absolute Gasteiger partial charge is 0.244 e. The van der Waals surface area contributed by atoms with Crippen LogP contribution < -0.4 is 5.73 Å². The monoisotopic (exact) mass is 378 g/mol. The van der Waals surface area contributed by atoms with Crippen LogP contribution in [0.5, 0.6) is 0 Å². The van der Waals surface area contributed by atoms with Crippen LogP contribution in [0.2, 0.25) is 0 Å². The highest BCUT2D eigenvalue weighted by atomic mass is 32.2. The average Bonchev–Trinajstić information content (AvgIpc) is 3.26. The van der Waals surface area contributed by atoms with Crippen molar-refractivity contribution in [2.45, 2.75) is 55.6 Å². The van der Waals surface area contributed by atoms with Crippen molar-refractivity contribution < 1.29 is 18.0 Å². The van der Waals surface area contributed by atoms with Gasteiger partial charge in [-0.15, -0.1) is 0 Å². The number of carbonyl (C=O) groups is 2. The lowest BCUT2D eigenvalue weighted by Gasteiger charge is -2.32. The molecular weight excluding hydrogens is 352 g/mol. The summed E-state index contributed by atoms with van der Waals surface area (Å²) in [7, 11) is -3.84. The Morgan fingerprint density at radius 2 is 1.85 bits per heavy atom. The van der Waals surface area contributed by atoms with Gasteiger partial charge in [-0.3, -0.25) is 9.59 Å². The maximum absolute atomic E-state index is 13.6. The van der Waals surface area contributed by atoms with E-state index in [-0.39, 0.29) is 23.3 Å². The van der Waals surface area contributed by atoms with Crippen molar-refractivity contribution in [3.8, 4) is 0 Å². The van der Waals surface area contributed by atoms with E-state index in [2.05, 4.69) is 0 Å². The Balaban J connectivity index is 2.01. The average molecular weight is 378 g/mol. The molecular formula is C19H26N2O4S. The zero-order valence-corrected chi connectivity index (χ0v) is 16.1. The molecule has 1 aromatic carbocycles. The third-order valence-corrected chi connectivity index (χ3v) is 8.46. The summed E-state index contributed by atoms with van der Waals surface area (Å²) < 4.78 is 25.8. The van der Waals surface area contributed by atoms with Crippen LogP contribution in [0.4, 0.5) is 0 Å². The minimum atomic E-state index is -3.84. The van der Waals surface area contributed by atoms with Gasteiger partial charge in [-0.25, -0.2) is 8.42 Å². The van der Waals surface area contributed by atoms with Gasteiger partial charge in [0.1, 0.15) is 0 Å². The number of primary amides is 1. The van der Waals surface area contributed by atoms with Gasteiger partial charge in [0.25, 0.3) is 0 Å². The molecule has 0 aromatic heterocycles. The van der Waals surface area contributed by atoms with Crippen molar-refractivity contribution in [1.82, 2.24) is 4.90 Å². The van der Waals surface area contributed by atoms with Crippen molar-refractivity contribution in [3.63, 3.8) is 0 Å². The molecule has 1 atom stereocenters. The molecule has 1 saturated carbocycles. The molecule has 1 heterocycles. The summed E-state index contributed by atoms with van der Waals surface area (Å²) in [5.41, 5.74) is 6.87. The Morgan fingerprint density at radius 1 is 1.19 bits per heavy atom. The van der Waals surface area contributed by atoms with Gasteiger partial charge in [-0.1, -0.05) is 25.0 Å². The van der Waals surface area contributed by atoms with E-state index in [1.807, 2.05) is 13.0 Å². The Morgan fingerprint density at radius 3 is 2.42 bits per heavy atom. The van der Waals surface area contributed by atoms with E-state index in [0.717, 1.165) is 5.56 Å². The standard InChI is InChI=1S/C19H26N2O4S/c1-13-5-6-14(2)16(11-13)26(24,25)19(8-3-4-9-19)18(23)21-10-7-15(12-21)17(20)22/h5-6,11,15H,3-4,7-10,12H2,1-2H3,(H2,20,22)/t15-/m0/s1. The SMILES string of the molecule is Cc1ccc(C)c(S(=O)(=O)C2(C(=O)N3CC[C@H](C(N)=O)C3)CCCC2)c1. The van der Waals surface area contributed by atoms with Gasteiger partial charge >= 0.3 is 0 Å². The number of hydrogen-bond acceptors (Lipinski definition) is 4. The quantitative estimate of drug-likeness (QED) is 0.862. The molecule has 6 nitrogen and oxygen atoms in total. The minimum Gasteiger partial charge on any atom is -0.369 e. The number of sulfone groups is 1. The van der Waals surface area contributed by atoms with E-state index < -0.39 is 20.5 Å². The second-order valence-electron chi connectivity index (χ2n) is 7.61. The fourth-order valence-electron chi connectivity index (χ4n) is 4.22. The fraction of sp³-hybridized carbons (Fsp3) is 0.579. The van der Waals surface area contributed by atoms with E-state index in [1.54, 1.807) is 19.1 Å². The van der Waals surface area contributed by atoms with Crippen LogP contribution in [-0.2, 0) is 19.4 Å². The predicted octanol–water partition coefficient (Wildman–Crippen LogP) is 1.72. The molecule has 1 aliphatic carbocycles. The second-order valence-corrected chi connectivity index (χ2v) is 9.84. The van der Waals surface area contributed by atoms with Crippen LogP contribution in [0.25, 0.3) is 0 Å². The fourth-order valence-corrected chi connectivity index (χ4v) is 6.66. The lowest BCUT2D eigenvalue weighted by Crippen LogP contribution is -2.52. The minimum absolute atomic E-state index is 0.220. The maximum Gasteiger partial charge on any atom is 0.244 e. The molecule has 0 spiro atoms. The number of carbonyl (C=O) groups excluding carboxylic acids is 2. The Hall–Kier alpha value is -1.89. The van der Waals surface area contributed by atoms with E-state index >= 15 is 0 Å². The molecule has 1 aliphatic heterocycles. The number of nitrogens with two attached hydrogens (primary N) is 1. The van der Waals surface area contributed by atoms with Crippen molar-refractivity contribution in [2.75, 3.05) is 13.1 Å². The maximum atomic E-state index is 13.6. The topological polar surface area (TPSA) is 97.5 Å². The number of benzene rings is 1. The first-order valence-electron chi connectivity index (χ1n) is 9.09. The van der Waals surface area contributed by atoms with Gasteiger partial charge in [0.2, 0.25) is 11.8 Å². The molecule has 1 saturated heterocycles. The summed E-state index contributed by atoms with van der Waals surface area (Å²) in [6.45, 7) is 4.21. The van der Waals surface area contributed by atoms with Crippen LogP contribution >= 0.6 is 0 Å². The number of rotatable bonds is 4. The van der Waals surface area contributed by atoms with Gasteiger partial charge in [0.15, 0.2) is 14.6 Å². The summed E-state index contributed by atoms with van der Waals surface area (Å²) >= 11 is 0. The van der Waals surface area contributed by atoms with E-state index in [0.29, 0.717) is 44.2 Å². The third kappa shape index (κ3) is 2.92. The van der Waals surface area contributed by atoms with Crippen LogP contribution in [-0.4, -0.2) is 43.0 Å². The first-order chi connectivity index (χ1) is 12.2. The number of likely N-dealkylation sites (tertiary alicyclic amines) is 1. The molecule has 26 heavy (non-hydrogen) atoms. The molecule has 142 valence electrons. The summed E-state index contributed by atoms with van der Waals surface area (Å²) in [5, 5.41) is 0. The highest BCUT2D eigenvalue weighted by Gasteiger charge is 2.55. The molecule has 7 heteroatoms. The van der Waals surface area contributed by atoms with Crippen molar-refractivity contribution in [2.24, 2.45) is 11.7 Å². The second kappa shape index (κ2) is 6.68. The van der Waals surface area contributed by atoms with Gasteiger partial charge in [0.05, 0.1) is 10.8 Å². The molecule has 3 rings (SSSR count). The summed E-state index contributed by atoms with van der Waals surface area (Å²) in [6.07, 6.45) is 2.59. The number of nitrogens with zero attached hydrogens (tertiary/aromatic N) is 1. The van der Waals surface area contributed by atoms with E-state index in [1.165, 1.54) is 4.90 Å². The molecule has 0 bridgehead atoms. The van der Waals surface area contributed by atoms with Crippen molar-refractivity contribution in [1.29, 1.82) is 0 Å². The van der Waals surface area contributed by atoms with Crippen LogP contribution in [0, 0.1) is 19.8 Å². The van der Waals surface area contributed by atoms with Crippen molar-refractivity contribution in [3.05, 3.63) is 29.3 Å². The van der Waals surface area contributed by atoms with E-state index in [4.69, 9.17) is 5.73 Å². The number of aryl methyl sites for hydroxylation is 2. The molecule has 2 N–H and O–H groups in total. The van der Waals surface area contributed by atoms with Crippen LogP contribution in [0.15, 0.2) is 23.1 Å². The Kier molecular flexibility index (Phi) is 4.86. The van der Waals surface area contributed by atoms with Crippen LogP contribution in [0.1, 0.15) is 43.2 Å². The summed E-state index contributed by atoms with van der Waals surface area (Å²) in [4.78, 5) is 26.6. The molecule has 0 unspecified atom stereocenters. The zero-order valence-electron chi connectivity index (χ0n) is 15.3. The first kappa shape index (κ1) is 18.9. The summed E-state index contributed by atoms with van der Waals surface area (Å²) in [6, 6.07) is 5.32. The highest BCUT2D eigenvalue weighted by Crippen LogP contribution is 2.43. The van der Waals surface area contributed by atoms with Gasteiger partial charge in [-0.05, 0) is 50.3 Å². The van der Waals surface area contributed by atoms with Gasteiger partial charge < -0.3 is 10.6 Å². The Bertz CT molecular complexity index is 841. The predicted molar refractivity (Wildman–Crippen MR) is 98.2 cm³/mol. The zero-order chi connectivity index (χ0) is 19.1. The highest BCUT2D eigenvalue weighted by molar-refractivity contribution is 7.93. The molecule has 2 fully saturated rings. The first-order valence-corrected chi connectivity index (χ1v) is 10.6.